The molecule has 0 bridgehead atoms. The van der Waals surface area contributed by atoms with Gasteiger partial charge < -0.3 is 5.11 Å². The molecule has 0 heterocycles. The van der Waals surface area contributed by atoms with E-state index in [9.17, 15) is 9.90 Å². The Labute approximate surface area is 182 Å². The average Bonchev–Trinajstić information content (AvgIpc) is 3.10. The van der Waals surface area contributed by atoms with Crippen molar-refractivity contribution in [3.8, 4) is 0 Å². The topological polar surface area (TPSA) is 37.3 Å². The Morgan fingerprint density at radius 2 is 1.93 bits per heavy atom. The van der Waals surface area contributed by atoms with Crippen LogP contribution in [-0.4, -0.2) is 17.0 Å². The van der Waals surface area contributed by atoms with Gasteiger partial charge in [-0.1, -0.05) is 49.3 Å². The highest BCUT2D eigenvalue weighted by molar-refractivity contribution is 5.82. The molecule has 0 unspecified atom stereocenters. The Hall–Kier alpha value is -1.15. The van der Waals surface area contributed by atoms with E-state index in [0.717, 1.165) is 63.2 Å². The van der Waals surface area contributed by atoms with Gasteiger partial charge in [-0.25, -0.2) is 0 Å². The van der Waals surface area contributed by atoms with E-state index >= 15 is 0 Å². The van der Waals surface area contributed by atoms with Crippen LogP contribution < -0.4 is 0 Å². The zero-order valence-electron chi connectivity index (χ0n) is 19.0. The maximum Gasteiger partial charge on any atom is 0.136 e. The molecule has 0 aliphatic heterocycles. The number of hydrogen-bond acceptors (Lipinski definition) is 2. The molecule has 2 heteroatoms. The predicted octanol–water partition coefficient (Wildman–Crippen LogP) is 6.55. The monoisotopic (exact) mass is 408 g/mol. The van der Waals surface area contributed by atoms with E-state index in [-0.39, 0.29) is 17.4 Å². The summed E-state index contributed by atoms with van der Waals surface area (Å²) >= 11 is 0. The van der Waals surface area contributed by atoms with Crippen molar-refractivity contribution in [1.82, 2.24) is 0 Å². The van der Waals surface area contributed by atoms with Crippen molar-refractivity contribution in [1.29, 1.82) is 0 Å². The van der Waals surface area contributed by atoms with Crippen LogP contribution in [0.4, 0.5) is 0 Å². The van der Waals surface area contributed by atoms with Crippen molar-refractivity contribution in [2.24, 2.45) is 34.5 Å². The molecule has 0 aromatic carbocycles. The number of allylic oxidation sites excluding steroid dienone is 5. The molecule has 0 aromatic heterocycles. The minimum Gasteiger partial charge on any atom is -0.393 e. The Morgan fingerprint density at radius 1 is 1.07 bits per heavy atom. The van der Waals surface area contributed by atoms with E-state index in [1.165, 1.54) is 31.3 Å². The van der Waals surface area contributed by atoms with Gasteiger partial charge in [0, 0.05) is 12.3 Å². The van der Waals surface area contributed by atoms with Gasteiger partial charge >= 0.3 is 0 Å². The van der Waals surface area contributed by atoms with Crippen LogP contribution in [0.3, 0.4) is 0 Å². The van der Waals surface area contributed by atoms with Crippen molar-refractivity contribution in [3.05, 3.63) is 35.5 Å². The average molecular weight is 409 g/mol. The minimum atomic E-state index is -0.127. The molecule has 5 aliphatic rings. The first kappa shape index (κ1) is 20.7. The molecule has 2 nitrogen and oxygen atoms in total. The Kier molecular flexibility index (Phi) is 5.37. The van der Waals surface area contributed by atoms with E-state index in [1.807, 2.05) is 0 Å². The fourth-order valence-corrected chi connectivity index (χ4v) is 8.47. The molecule has 7 atom stereocenters. The molecule has 0 saturated heterocycles. The van der Waals surface area contributed by atoms with Crippen LogP contribution in [0.2, 0.25) is 0 Å². The first-order chi connectivity index (χ1) is 14.4. The number of aliphatic hydroxyl groups is 1. The van der Waals surface area contributed by atoms with Gasteiger partial charge in [-0.05, 0) is 99.2 Å². The van der Waals surface area contributed by atoms with Crippen molar-refractivity contribution in [3.63, 3.8) is 0 Å². The first-order valence-corrected chi connectivity index (χ1v) is 12.7. The quantitative estimate of drug-likeness (QED) is 0.535. The molecule has 164 valence electrons. The number of ketones is 1. The summed E-state index contributed by atoms with van der Waals surface area (Å²) < 4.78 is 0. The number of carbonyl (C=O) groups is 1. The SMILES string of the molecule is C[C@]12CC[C@H]3[C@@H](CC=C4C[C@@H](O)CC[C@@]43C)[C@@H]1CC[C@@H]2C(=O)CCC1=CCCC=C1. The number of aliphatic hydroxyl groups excluding tert-OH is 1. The molecule has 3 fully saturated rings. The van der Waals surface area contributed by atoms with Crippen LogP contribution in [0.5, 0.6) is 0 Å². The van der Waals surface area contributed by atoms with Crippen molar-refractivity contribution < 1.29 is 9.90 Å². The number of hydrogen-bond donors (Lipinski definition) is 1. The molecule has 0 radical (unpaired) electrons. The molecule has 0 spiro atoms. The largest absolute Gasteiger partial charge is 0.393 e. The third kappa shape index (κ3) is 3.29. The molecule has 5 aliphatic carbocycles. The summed E-state index contributed by atoms with van der Waals surface area (Å²) in [5.41, 5.74) is 3.43. The van der Waals surface area contributed by atoms with Crippen molar-refractivity contribution in [2.45, 2.75) is 97.0 Å². The smallest absolute Gasteiger partial charge is 0.136 e. The lowest BCUT2D eigenvalue weighted by atomic mass is 9.47. The Bertz CT molecular complexity index is 788. The maximum absolute atomic E-state index is 13.3. The van der Waals surface area contributed by atoms with E-state index in [1.54, 1.807) is 5.57 Å². The van der Waals surface area contributed by atoms with E-state index in [0.29, 0.717) is 17.1 Å². The summed E-state index contributed by atoms with van der Waals surface area (Å²) in [6.45, 7) is 4.96. The second-order valence-electron chi connectivity index (χ2n) is 11.6. The Balaban J connectivity index is 1.31. The molecule has 0 amide bonds. The molecular weight excluding hydrogens is 368 g/mol. The highest BCUT2D eigenvalue weighted by Gasteiger charge is 2.59. The summed E-state index contributed by atoms with van der Waals surface area (Å²) in [7, 11) is 0. The highest BCUT2D eigenvalue weighted by atomic mass is 16.3. The second kappa shape index (κ2) is 7.76. The van der Waals surface area contributed by atoms with E-state index in [4.69, 9.17) is 0 Å². The van der Waals surface area contributed by atoms with Gasteiger partial charge in [0.2, 0.25) is 0 Å². The molecular formula is C28H40O2. The van der Waals surface area contributed by atoms with Gasteiger partial charge in [-0.15, -0.1) is 0 Å². The first-order valence-electron chi connectivity index (χ1n) is 12.7. The number of Topliss-reactive ketones (excluding diaryl/α,β-unsaturated/α-hetero) is 1. The van der Waals surface area contributed by atoms with Gasteiger partial charge in [0.25, 0.3) is 0 Å². The summed E-state index contributed by atoms with van der Waals surface area (Å²) in [5, 5.41) is 10.2. The fourth-order valence-electron chi connectivity index (χ4n) is 8.47. The van der Waals surface area contributed by atoms with Crippen LogP contribution >= 0.6 is 0 Å². The van der Waals surface area contributed by atoms with E-state index < -0.39 is 0 Å². The van der Waals surface area contributed by atoms with Crippen molar-refractivity contribution >= 4 is 5.78 Å². The molecule has 5 rings (SSSR count). The third-order valence-electron chi connectivity index (χ3n) is 10.2. The van der Waals surface area contributed by atoms with Gasteiger partial charge in [-0.2, -0.15) is 0 Å². The minimum absolute atomic E-state index is 0.127. The maximum atomic E-state index is 13.3. The Morgan fingerprint density at radius 3 is 2.73 bits per heavy atom. The zero-order valence-corrected chi connectivity index (χ0v) is 19.0. The van der Waals surface area contributed by atoms with Gasteiger partial charge in [-0.3, -0.25) is 4.79 Å². The van der Waals surface area contributed by atoms with Crippen LogP contribution in [0.15, 0.2) is 35.5 Å². The van der Waals surface area contributed by atoms with Crippen LogP contribution in [-0.2, 0) is 4.79 Å². The zero-order chi connectivity index (χ0) is 20.9. The molecule has 0 aromatic rings. The molecule has 30 heavy (non-hydrogen) atoms. The lowest BCUT2D eigenvalue weighted by molar-refractivity contribution is -0.129. The lowest BCUT2D eigenvalue weighted by Gasteiger charge is -2.58. The predicted molar refractivity (Wildman–Crippen MR) is 122 cm³/mol. The second-order valence-corrected chi connectivity index (χ2v) is 11.6. The number of rotatable bonds is 4. The normalized spacial score (nSPS) is 45.1. The summed E-state index contributed by atoms with van der Waals surface area (Å²) in [6, 6.07) is 0. The molecule has 3 saturated carbocycles. The van der Waals surface area contributed by atoms with Gasteiger partial charge in [0.1, 0.15) is 5.78 Å². The van der Waals surface area contributed by atoms with Gasteiger partial charge in [0.15, 0.2) is 0 Å². The van der Waals surface area contributed by atoms with Gasteiger partial charge in [0.05, 0.1) is 6.10 Å². The number of fused-ring (bicyclic) bond motifs is 5. The number of carbonyl (C=O) groups excluding carboxylic acids is 1. The van der Waals surface area contributed by atoms with Crippen LogP contribution in [0.1, 0.15) is 90.9 Å². The van der Waals surface area contributed by atoms with Crippen LogP contribution in [0.25, 0.3) is 0 Å². The van der Waals surface area contributed by atoms with E-state index in [2.05, 4.69) is 38.2 Å². The summed E-state index contributed by atoms with van der Waals surface area (Å²) in [5.74, 6) is 3.03. The summed E-state index contributed by atoms with van der Waals surface area (Å²) in [4.78, 5) is 13.3. The van der Waals surface area contributed by atoms with Crippen molar-refractivity contribution in [2.75, 3.05) is 0 Å². The third-order valence-corrected chi connectivity index (χ3v) is 10.2. The molecule has 1 N–H and O–H groups in total. The lowest BCUT2D eigenvalue weighted by Crippen LogP contribution is -2.51. The standard InChI is InChI=1S/C28H40O2/c1-27-16-14-21(29)18-20(27)9-10-22-23-11-12-25(28(23,2)17-15-24(22)27)26(30)13-8-19-6-4-3-5-7-19/h4,6-7,9,21-25,29H,3,5,8,10-18H2,1-2H3/t21-,22-,23-,24-,25+,27-,28-/m0/s1. The highest BCUT2D eigenvalue weighted by Crippen LogP contribution is 2.66. The fraction of sp³-hybridized carbons (Fsp3) is 0.750. The van der Waals surface area contributed by atoms with Crippen LogP contribution in [0, 0.1) is 34.5 Å². The summed E-state index contributed by atoms with van der Waals surface area (Å²) in [6.07, 6.45) is 22.2.